The minimum Gasteiger partial charge on any atom is -0.312 e. The molecule has 19 heavy (non-hydrogen) atoms. The molecule has 1 nitrogen and oxygen atoms in total. The van der Waals surface area contributed by atoms with E-state index in [1.54, 1.807) is 12.1 Å². The van der Waals surface area contributed by atoms with Crippen LogP contribution >= 0.6 is 0 Å². The van der Waals surface area contributed by atoms with Crippen molar-refractivity contribution < 1.29 is 8.78 Å². The summed E-state index contributed by atoms with van der Waals surface area (Å²) in [7, 11) is 0. The van der Waals surface area contributed by atoms with E-state index in [0.29, 0.717) is 23.3 Å². The van der Waals surface area contributed by atoms with Crippen molar-refractivity contribution in [1.82, 2.24) is 5.32 Å². The number of alkyl halides is 2. The highest BCUT2D eigenvalue weighted by Gasteiger charge is 2.63. The summed E-state index contributed by atoms with van der Waals surface area (Å²) in [5.74, 6) is 0.651. The van der Waals surface area contributed by atoms with Gasteiger partial charge < -0.3 is 5.32 Å². The van der Waals surface area contributed by atoms with E-state index in [0.717, 1.165) is 12.1 Å². The minimum absolute atomic E-state index is 0.103. The lowest BCUT2D eigenvalue weighted by Crippen LogP contribution is -2.18. The zero-order chi connectivity index (χ0) is 14.3. The molecule has 0 radical (unpaired) electrons. The maximum Gasteiger partial charge on any atom is 0.263 e. The molecule has 0 spiro atoms. The van der Waals surface area contributed by atoms with E-state index in [4.69, 9.17) is 0 Å². The zero-order valence-corrected chi connectivity index (χ0v) is 12.1. The van der Waals surface area contributed by atoms with Crippen LogP contribution in [0.2, 0.25) is 0 Å². The van der Waals surface area contributed by atoms with Crippen molar-refractivity contribution in [1.29, 1.82) is 0 Å². The quantitative estimate of drug-likeness (QED) is 0.834. The van der Waals surface area contributed by atoms with Gasteiger partial charge in [0.2, 0.25) is 0 Å². The van der Waals surface area contributed by atoms with Crippen molar-refractivity contribution in [2.75, 3.05) is 6.54 Å². The average molecular weight is 267 g/mol. The summed E-state index contributed by atoms with van der Waals surface area (Å²) in [5, 5.41) is 3.40. The number of nitrogens with one attached hydrogen (secondary N) is 1. The molecular formula is C16H23F2N. The molecule has 0 aliphatic heterocycles. The van der Waals surface area contributed by atoms with Crippen LogP contribution in [-0.2, 0) is 6.54 Å². The number of benzene rings is 1. The predicted molar refractivity (Wildman–Crippen MR) is 74.2 cm³/mol. The Bertz CT molecular complexity index is 438. The summed E-state index contributed by atoms with van der Waals surface area (Å²) < 4.78 is 25.2. The highest BCUT2D eigenvalue weighted by atomic mass is 19.3. The molecule has 0 saturated heterocycles. The van der Waals surface area contributed by atoms with Gasteiger partial charge in [-0.1, -0.05) is 45.9 Å². The van der Waals surface area contributed by atoms with Crippen molar-refractivity contribution in [3.05, 3.63) is 35.4 Å². The van der Waals surface area contributed by atoms with Crippen LogP contribution in [0.4, 0.5) is 8.78 Å². The van der Waals surface area contributed by atoms with E-state index in [9.17, 15) is 8.78 Å². The van der Waals surface area contributed by atoms with Crippen LogP contribution in [0.25, 0.3) is 0 Å². The van der Waals surface area contributed by atoms with Crippen LogP contribution in [0.15, 0.2) is 24.3 Å². The second kappa shape index (κ2) is 4.86. The first-order chi connectivity index (χ1) is 8.76. The van der Waals surface area contributed by atoms with Gasteiger partial charge in [0.1, 0.15) is 0 Å². The normalized spacial score (nSPS) is 20.8. The van der Waals surface area contributed by atoms with Gasteiger partial charge in [-0.3, -0.25) is 0 Å². The van der Waals surface area contributed by atoms with E-state index in [1.807, 2.05) is 6.07 Å². The Balaban J connectivity index is 1.86. The second-order valence-electron chi connectivity index (χ2n) is 6.67. The van der Waals surface area contributed by atoms with Gasteiger partial charge in [-0.25, -0.2) is 8.78 Å². The molecule has 0 amide bonds. The zero-order valence-electron chi connectivity index (χ0n) is 12.1. The minimum atomic E-state index is -2.39. The van der Waals surface area contributed by atoms with Crippen LogP contribution in [0.1, 0.15) is 45.2 Å². The molecule has 1 aliphatic carbocycles. The molecule has 1 fully saturated rings. The van der Waals surface area contributed by atoms with Crippen molar-refractivity contribution >= 4 is 0 Å². The Labute approximate surface area is 114 Å². The summed E-state index contributed by atoms with van der Waals surface area (Å²) in [6, 6.07) is 6.65. The molecule has 0 bridgehead atoms. The summed E-state index contributed by atoms with van der Waals surface area (Å²) >= 11 is 0. The van der Waals surface area contributed by atoms with Gasteiger partial charge in [-0.05, 0) is 34.9 Å². The third-order valence-corrected chi connectivity index (χ3v) is 5.20. The van der Waals surface area contributed by atoms with Crippen LogP contribution < -0.4 is 5.32 Å². The van der Waals surface area contributed by atoms with Gasteiger partial charge in [0.05, 0.1) is 0 Å². The Morgan fingerprint density at radius 1 is 1.16 bits per heavy atom. The Kier molecular flexibility index (Phi) is 3.69. The summed E-state index contributed by atoms with van der Waals surface area (Å²) in [4.78, 5) is 0. The summed E-state index contributed by atoms with van der Waals surface area (Å²) in [6.45, 7) is 10.8. The first kappa shape index (κ1) is 14.4. The molecule has 1 aliphatic rings. The molecular weight excluding hydrogens is 244 g/mol. The van der Waals surface area contributed by atoms with Crippen molar-refractivity contribution in [2.45, 2.75) is 40.7 Å². The third-order valence-electron chi connectivity index (χ3n) is 5.20. The van der Waals surface area contributed by atoms with E-state index >= 15 is 0 Å². The number of hydrogen-bond donors (Lipinski definition) is 1. The lowest BCUT2D eigenvalue weighted by Gasteiger charge is -2.08. The number of hydrogen-bond acceptors (Lipinski definition) is 1. The number of halogens is 2. The molecule has 3 heteroatoms. The topological polar surface area (TPSA) is 12.0 Å². The first-order valence-electron chi connectivity index (χ1n) is 6.84. The van der Waals surface area contributed by atoms with Crippen LogP contribution in [0.3, 0.4) is 0 Å². The maximum atomic E-state index is 12.6. The fourth-order valence-electron chi connectivity index (χ4n) is 3.04. The molecule has 1 aromatic rings. The van der Waals surface area contributed by atoms with Gasteiger partial charge in [0, 0.05) is 12.1 Å². The molecule has 1 aromatic carbocycles. The molecule has 0 unspecified atom stereocenters. The first-order valence-corrected chi connectivity index (χ1v) is 6.84. The lowest BCUT2D eigenvalue weighted by atomic mass is 10.0. The van der Waals surface area contributed by atoms with E-state index in [2.05, 4.69) is 33.0 Å². The SMILES string of the molecule is CC1(C)C(CNCc2cccc(C(F)F)c2)C1(C)C. The van der Waals surface area contributed by atoms with Gasteiger partial charge in [-0.2, -0.15) is 0 Å². The predicted octanol–water partition coefficient (Wildman–Crippen LogP) is 4.40. The maximum absolute atomic E-state index is 12.6. The summed E-state index contributed by atoms with van der Waals surface area (Å²) in [6.07, 6.45) is -2.39. The van der Waals surface area contributed by atoms with Crippen molar-refractivity contribution in [3.63, 3.8) is 0 Å². The van der Waals surface area contributed by atoms with Crippen LogP contribution in [0, 0.1) is 16.7 Å². The molecule has 1 saturated carbocycles. The third kappa shape index (κ3) is 2.66. The Morgan fingerprint density at radius 2 is 1.79 bits per heavy atom. The van der Waals surface area contributed by atoms with Gasteiger partial charge in [-0.15, -0.1) is 0 Å². The monoisotopic (exact) mass is 267 g/mol. The van der Waals surface area contributed by atoms with E-state index in [-0.39, 0.29) is 5.56 Å². The molecule has 106 valence electrons. The fourth-order valence-corrected chi connectivity index (χ4v) is 3.04. The van der Waals surface area contributed by atoms with Gasteiger partial charge >= 0.3 is 0 Å². The molecule has 2 rings (SSSR count). The standard InChI is InChI=1S/C16H23F2N/c1-15(2)13(16(15,3)4)10-19-9-11-6-5-7-12(8-11)14(17)18/h5-8,13-14,19H,9-10H2,1-4H3. The highest BCUT2D eigenvalue weighted by Crippen LogP contribution is 2.67. The fraction of sp³-hybridized carbons (Fsp3) is 0.625. The van der Waals surface area contributed by atoms with Crippen LogP contribution in [-0.4, -0.2) is 6.54 Å². The molecule has 0 heterocycles. The van der Waals surface area contributed by atoms with Gasteiger partial charge in [0.15, 0.2) is 0 Å². The molecule has 0 aromatic heterocycles. The van der Waals surface area contributed by atoms with Crippen LogP contribution in [0.5, 0.6) is 0 Å². The van der Waals surface area contributed by atoms with Crippen molar-refractivity contribution in [3.8, 4) is 0 Å². The number of rotatable bonds is 5. The van der Waals surface area contributed by atoms with Gasteiger partial charge in [0.25, 0.3) is 6.43 Å². The van der Waals surface area contributed by atoms with E-state index in [1.165, 1.54) is 6.07 Å². The second-order valence-corrected chi connectivity index (χ2v) is 6.67. The van der Waals surface area contributed by atoms with E-state index < -0.39 is 6.43 Å². The van der Waals surface area contributed by atoms with Crippen molar-refractivity contribution in [2.24, 2.45) is 16.7 Å². The largest absolute Gasteiger partial charge is 0.312 e. The smallest absolute Gasteiger partial charge is 0.263 e. The molecule has 1 N–H and O–H groups in total. The lowest BCUT2D eigenvalue weighted by molar-refractivity contribution is 0.151. The highest BCUT2D eigenvalue weighted by molar-refractivity contribution is 5.24. The summed E-state index contributed by atoms with van der Waals surface area (Å²) in [5.41, 5.74) is 1.76. The Hall–Kier alpha value is -0.960. The molecule has 0 atom stereocenters. The average Bonchev–Trinajstić information content (AvgIpc) is 2.72. The Morgan fingerprint density at radius 3 is 2.32 bits per heavy atom.